The summed E-state index contributed by atoms with van der Waals surface area (Å²) in [6.07, 6.45) is 17.3. The third-order valence-electron chi connectivity index (χ3n) is 4.09. The van der Waals surface area contributed by atoms with Gasteiger partial charge < -0.3 is 10.9 Å². The molecule has 0 aromatic rings. The summed E-state index contributed by atoms with van der Waals surface area (Å²) >= 11 is 0. The molecule has 0 aromatic carbocycles. The highest BCUT2D eigenvalue weighted by Crippen LogP contribution is 2.14. The monoisotopic (exact) mass is 301 g/mol. The normalized spacial score (nSPS) is 11.8. The van der Waals surface area contributed by atoms with E-state index in [2.05, 4.69) is 6.92 Å². The number of hydrogen-bond acceptors (Lipinski definition) is 3. The molecule has 128 valence electrons. The average molecular weight is 302 g/mol. The number of hydrogen-bond donors (Lipinski definition) is 1. The first-order valence-electron chi connectivity index (χ1n) is 8.80. The Bertz CT molecular complexity index is 219. The van der Waals surface area contributed by atoms with Crippen LogP contribution >= 0.6 is 0 Å². The molecule has 3 nitrogen and oxygen atoms in total. The van der Waals surface area contributed by atoms with Gasteiger partial charge in [0.25, 0.3) is 0 Å². The minimum Gasteiger partial charge on any atom is -0.469 e. The summed E-state index contributed by atoms with van der Waals surface area (Å²) in [7, 11) is 1.47. The van der Waals surface area contributed by atoms with E-state index in [-0.39, 0.29) is 18.0 Å². The topological polar surface area (TPSA) is 61.3 Å². The van der Waals surface area contributed by atoms with Crippen LogP contribution in [0.2, 0.25) is 0 Å². The van der Waals surface area contributed by atoms with Crippen LogP contribution in [0.4, 0.5) is 0 Å². The lowest BCUT2D eigenvalue weighted by atomic mass is 10.0. The van der Waals surface area contributed by atoms with Gasteiger partial charge >= 0.3 is 5.97 Å². The second kappa shape index (κ2) is 17.5. The Hall–Kier alpha value is -0.570. The van der Waals surface area contributed by atoms with Crippen LogP contribution in [-0.2, 0) is 9.53 Å². The van der Waals surface area contributed by atoms with E-state index in [1.807, 2.05) is 6.92 Å². The molecular weight excluding hydrogens is 262 g/mol. The molecule has 21 heavy (non-hydrogen) atoms. The largest absolute Gasteiger partial charge is 0.469 e. The molecule has 0 amide bonds. The summed E-state index contributed by atoms with van der Waals surface area (Å²) in [4.78, 5) is 11.2. The summed E-state index contributed by atoms with van der Waals surface area (Å²) in [5.41, 5.74) is 0. The smallest absolute Gasteiger partial charge is 0.308 e. The number of unbranched alkanes of at least 4 members (excludes halogenated alkanes) is 11. The van der Waals surface area contributed by atoms with Gasteiger partial charge in [0.1, 0.15) is 0 Å². The molecule has 0 fully saturated rings. The zero-order chi connectivity index (χ0) is 15.1. The lowest BCUT2D eigenvalue weighted by molar-refractivity contribution is -0.145. The van der Waals surface area contributed by atoms with Crippen LogP contribution in [0.1, 0.15) is 97.3 Å². The number of rotatable bonds is 14. The molecule has 0 saturated carbocycles. The molecule has 3 heteroatoms. The Morgan fingerprint density at radius 3 is 1.57 bits per heavy atom. The van der Waals surface area contributed by atoms with E-state index in [4.69, 9.17) is 4.74 Å². The van der Waals surface area contributed by atoms with E-state index < -0.39 is 0 Å². The minimum absolute atomic E-state index is 0. The summed E-state index contributed by atoms with van der Waals surface area (Å²) in [6, 6.07) is 0. The second-order valence-electron chi connectivity index (χ2n) is 6.10. The van der Waals surface area contributed by atoms with Gasteiger partial charge in [0, 0.05) is 0 Å². The van der Waals surface area contributed by atoms with Crippen molar-refractivity contribution in [2.45, 2.75) is 97.3 Å². The lowest BCUT2D eigenvalue weighted by Crippen LogP contribution is -2.12. The molecule has 1 atom stereocenters. The van der Waals surface area contributed by atoms with Gasteiger partial charge in [-0.2, -0.15) is 0 Å². The zero-order valence-electron chi connectivity index (χ0n) is 14.8. The minimum atomic E-state index is -0.0620. The Morgan fingerprint density at radius 1 is 0.810 bits per heavy atom. The molecule has 0 saturated heterocycles. The van der Waals surface area contributed by atoms with Crippen molar-refractivity contribution in [1.29, 1.82) is 0 Å². The van der Waals surface area contributed by atoms with Gasteiger partial charge in [-0.05, 0) is 6.42 Å². The molecule has 0 aliphatic carbocycles. The van der Waals surface area contributed by atoms with Crippen LogP contribution in [0.25, 0.3) is 0 Å². The van der Waals surface area contributed by atoms with Gasteiger partial charge in [-0.25, -0.2) is 0 Å². The Labute approximate surface area is 132 Å². The fraction of sp³-hybridized carbons (Fsp3) is 0.944. The summed E-state index contributed by atoms with van der Waals surface area (Å²) < 4.78 is 4.73. The highest BCUT2D eigenvalue weighted by Gasteiger charge is 2.11. The SMILES string of the molecule is CCCCCCCCCCCCCCC(C)C(=O)OC.N. The molecule has 0 rings (SSSR count). The van der Waals surface area contributed by atoms with Crippen molar-refractivity contribution in [1.82, 2.24) is 6.15 Å². The van der Waals surface area contributed by atoms with Crippen LogP contribution in [0, 0.1) is 5.92 Å². The molecule has 0 bridgehead atoms. The van der Waals surface area contributed by atoms with E-state index in [1.54, 1.807) is 0 Å². The van der Waals surface area contributed by atoms with Gasteiger partial charge in [0.2, 0.25) is 0 Å². The van der Waals surface area contributed by atoms with Crippen molar-refractivity contribution in [2.75, 3.05) is 7.11 Å². The van der Waals surface area contributed by atoms with E-state index in [0.29, 0.717) is 0 Å². The molecule has 1 unspecified atom stereocenters. The number of carbonyl (C=O) groups excluding carboxylic acids is 1. The Balaban J connectivity index is 0. The maximum Gasteiger partial charge on any atom is 0.308 e. The maximum atomic E-state index is 11.2. The molecule has 0 aliphatic rings. The van der Waals surface area contributed by atoms with Crippen molar-refractivity contribution in [3.8, 4) is 0 Å². The first-order chi connectivity index (χ1) is 9.72. The van der Waals surface area contributed by atoms with E-state index in [0.717, 1.165) is 12.8 Å². The summed E-state index contributed by atoms with van der Waals surface area (Å²) in [6.45, 7) is 4.23. The van der Waals surface area contributed by atoms with Gasteiger partial charge in [-0.15, -0.1) is 0 Å². The standard InChI is InChI=1S/C18H36O2.H3N/c1-4-5-6-7-8-9-10-11-12-13-14-15-16-17(2)18(19)20-3;/h17H,4-16H2,1-3H3;1H3. The molecule has 0 radical (unpaired) electrons. The van der Waals surface area contributed by atoms with E-state index >= 15 is 0 Å². The predicted octanol–water partition coefficient (Wildman–Crippen LogP) is 6.05. The van der Waals surface area contributed by atoms with Crippen LogP contribution in [-0.4, -0.2) is 13.1 Å². The van der Waals surface area contributed by atoms with Crippen molar-refractivity contribution in [3.05, 3.63) is 0 Å². The van der Waals surface area contributed by atoms with Crippen molar-refractivity contribution in [3.63, 3.8) is 0 Å². The maximum absolute atomic E-state index is 11.2. The van der Waals surface area contributed by atoms with Gasteiger partial charge in [-0.1, -0.05) is 90.9 Å². The first kappa shape index (κ1) is 22.7. The fourth-order valence-electron chi connectivity index (χ4n) is 2.61. The molecule has 0 spiro atoms. The summed E-state index contributed by atoms with van der Waals surface area (Å²) in [5, 5.41) is 0. The van der Waals surface area contributed by atoms with Crippen LogP contribution in [0.3, 0.4) is 0 Å². The predicted molar refractivity (Wildman–Crippen MR) is 91.9 cm³/mol. The molecular formula is C18H39NO2. The fourth-order valence-corrected chi connectivity index (χ4v) is 2.61. The van der Waals surface area contributed by atoms with Crippen LogP contribution in [0.15, 0.2) is 0 Å². The third kappa shape index (κ3) is 15.6. The number of carbonyl (C=O) groups is 1. The average Bonchev–Trinajstić information content (AvgIpc) is 2.47. The van der Waals surface area contributed by atoms with Gasteiger partial charge in [-0.3, -0.25) is 4.79 Å². The quantitative estimate of drug-likeness (QED) is 0.314. The zero-order valence-corrected chi connectivity index (χ0v) is 14.8. The van der Waals surface area contributed by atoms with E-state index in [9.17, 15) is 4.79 Å². The highest BCUT2D eigenvalue weighted by molar-refractivity contribution is 5.71. The van der Waals surface area contributed by atoms with Crippen molar-refractivity contribution >= 4 is 5.97 Å². The van der Waals surface area contributed by atoms with Gasteiger partial charge in [0.15, 0.2) is 0 Å². The van der Waals surface area contributed by atoms with Crippen LogP contribution in [0.5, 0.6) is 0 Å². The third-order valence-corrected chi connectivity index (χ3v) is 4.09. The number of methoxy groups -OCH3 is 1. The Kier molecular flexibility index (Phi) is 18.9. The highest BCUT2D eigenvalue weighted by atomic mass is 16.5. The second-order valence-corrected chi connectivity index (χ2v) is 6.10. The number of ether oxygens (including phenoxy) is 1. The molecule has 0 aromatic heterocycles. The summed E-state index contributed by atoms with van der Waals surface area (Å²) in [5.74, 6) is 0.0104. The first-order valence-corrected chi connectivity index (χ1v) is 8.80. The van der Waals surface area contributed by atoms with Crippen molar-refractivity contribution in [2.24, 2.45) is 5.92 Å². The Morgan fingerprint density at radius 2 is 1.19 bits per heavy atom. The van der Waals surface area contributed by atoms with Gasteiger partial charge in [0.05, 0.1) is 13.0 Å². The number of esters is 1. The van der Waals surface area contributed by atoms with Crippen LogP contribution < -0.4 is 6.15 Å². The van der Waals surface area contributed by atoms with Crippen molar-refractivity contribution < 1.29 is 9.53 Å². The van der Waals surface area contributed by atoms with E-state index in [1.165, 1.54) is 77.7 Å². The molecule has 3 N–H and O–H groups in total. The molecule has 0 heterocycles. The lowest BCUT2D eigenvalue weighted by Gasteiger charge is -2.08. The molecule has 0 aliphatic heterocycles.